The van der Waals surface area contributed by atoms with Gasteiger partial charge in [0.15, 0.2) is 0 Å². The molecule has 1 unspecified atom stereocenters. The van der Waals surface area contributed by atoms with Crippen LogP contribution in [0, 0.1) is 11.3 Å². The Kier molecular flexibility index (Phi) is 4.17. The quantitative estimate of drug-likeness (QED) is 0.794. The summed E-state index contributed by atoms with van der Waals surface area (Å²) in [4.78, 5) is 24.2. The average Bonchev–Trinajstić information content (AvgIpc) is 2.45. The fourth-order valence-electron chi connectivity index (χ4n) is 2.27. The van der Waals surface area contributed by atoms with Crippen LogP contribution in [0.2, 0.25) is 0 Å². The highest BCUT2D eigenvalue weighted by Gasteiger charge is 2.18. The number of hydrogen-bond donors (Lipinski definition) is 0. The van der Waals surface area contributed by atoms with Crippen LogP contribution in [0.25, 0.3) is 0 Å². The van der Waals surface area contributed by atoms with Crippen molar-refractivity contribution in [2.75, 3.05) is 6.61 Å². The van der Waals surface area contributed by atoms with Crippen molar-refractivity contribution in [3.05, 3.63) is 32.6 Å². The Balaban J connectivity index is 2.40. The van der Waals surface area contributed by atoms with Crippen molar-refractivity contribution in [3.8, 4) is 6.07 Å². The summed E-state index contributed by atoms with van der Waals surface area (Å²) in [7, 11) is 0. The molecule has 6 nitrogen and oxygen atoms in total. The van der Waals surface area contributed by atoms with Gasteiger partial charge in [-0.1, -0.05) is 0 Å². The third-order valence-electron chi connectivity index (χ3n) is 3.36. The molecule has 6 heteroatoms. The lowest BCUT2D eigenvalue weighted by atomic mass is 10.1. The number of ether oxygens (including phenoxy) is 1. The number of aryl methyl sites for hydroxylation is 1. The van der Waals surface area contributed by atoms with Crippen LogP contribution in [0.4, 0.5) is 0 Å². The predicted octanol–water partition coefficient (Wildman–Crippen LogP) is 0.471. The lowest BCUT2D eigenvalue weighted by Crippen LogP contribution is -2.44. The molecule has 1 aliphatic heterocycles. The fraction of sp³-hybridized carbons (Fsp3) is 0.615. The first kappa shape index (κ1) is 13.6. The number of rotatable bonds is 3. The minimum absolute atomic E-state index is 0.00254. The zero-order valence-electron chi connectivity index (χ0n) is 11.0. The largest absolute Gasteiger partial charge is 0.376 e. The van der Waals surface area contributed by atoms with Gasteiger partial charge in [0.25, 0.3) is 5.56 Å². The van der Waals surface area contributed by atoms with Crippen LogP contribution in [-0.2, 0) is 17.8 Å². The standard InChI is InChI=1S/C13H17N3O3/c1-2-15-8-10(7-14)12(17)16(13(15)18)9-11-5-3-4-6-19-11/h8,11H,2-6,9H2,1H3. The minimum atomic E-state index is -0.522. The monoisotopic (exact) mass is 263 g/mol. The van der Waals surface area contributed by atoms with Crippen molar-refractivity contribution < 1.29 is 4.74 Å². The number of nitriles is 1. The SMILES string of the molecule is CCn1cc(C#N)c(=O)n(CC2CCCCO2)c1=O. The van der Waals surface area contributed by atoms with E-state index in [9.17, 15) is 9.59 Å². The van der Waals surface area contributed by atoms with E-state index < -0.39 is 5.56 Å². The molecular formula is C13H17N3O3. The molecule has 0 N–H and O–H groups in total. The average molecular weight is 263 g/mol. The van der Waals surface area contributed by atoms with Gasteiger partial charge in [-0.3, -0.25) is 13.9 Å². The lowest BCUT2D eigenvalue weighted by molar-refractivity contribution is 0.00446. The summed E-state index contributed by atoms with van der Waals surface area (Å²) in [5, 5.41) is 8.95. The van der Waals surface area contributed by atoms with E-state index in [1.54, 1.807) is 6.92 Å². The number of nitrogens with zero attached hydrogens (tertiary/aromatic N) is 3. The summed E-state index contributed by atoms with van der Waals surface area (Å²) >= 11 is 0. The van der Waals surface area contributed by atoms with E-state index in [-0.39, 0.29) is 23.9 Å². The molecule has 1 aromatic heterocycles. The summed E-state index contributed by atoms with van der Waals surface area (Å²) in [6.07, 6.45) is 4.11. The molecule has 1 fully saturated rings. The fourth-order valence-corrected chi connectivity index (χ4v) is 2.27. The van der Waals surface area contributed by atoms with Gasteiger partial charge in [0, 0.05) is 19.3 Å². The Hall–Kier alpha value is -1.87. The molecule has 2 heterocycles. The second kappa shape index (κ2) is 5.85. The molecule has 102 valence electrons. The molecule has 0 radical (unpaired) electrons. The maximum atomic E-state index is 12.1. The third kappa shape index (κ3) is 2.76. The van der Waals surface area contributed by atoms with Crippen molar-refractivity contribution in [2.24, 2.45) is 0 Å². The van der Waals surface area contributed by atoms with Crippen LogP contribution in [0.3, 0.4) is 0 Å². The molecular weight excluding hydrogens is 246 g/mol. The summed E-state index contributed by atoms with van der Waals surface area (Å²) < 4.78 is 8.05. The Morgan fingerprint density at radius 3 is 2.84 bits per heavy atom. The molecule has 1 atom stereocenters. The Morgan fingerprint density at radius 1 is 1.47 bits per heavy atom. The number of hydrogen-bond acceptors (Lipinski definition) is 4. The van der Waals surface area contributed by atoms with Gasteiger partial charge in [-0.25, -0.2) is 4.79 Å². The van der Waals surface area contributed by atoms with Gasteiger partial charge in [0.05, 0.1) is 12.6 Å². The topological polar surface area (TPSA) is 77.0 Å². The van der Waals surface area contributed by atoms with E-state index in [4.69, 9.17) is 10.00 Å². The van der Waals surface area contributed by atoms with Gasteiger partial charge in [-0.15, -0.1) is 0 Å². The predicted molar refractivity (Wildman–Crippen MR) is 68.9 cm³/mol. The van der Waals surface area contributed by atoms with E-state index in [1.165, 1.54) is 10.8 Å². The van der Waals surface area contributed by atoms with Crippen LogP contribution in [0.1, 0.15) is 31.7 Å². The van der Waals surface area contributed by atoms with Gasteiger partial charge >= 0.3 is 5.69 Å². The van der Waals surface area contributed by atoms with Crippen molar-refractivity contribution in [2.45, 2.75) is 45.4 Å². The highest BCUT2D eigenvalue weighted by atomic mass is 16.5. The van der Waals surface area contributed by atoms with Crippen LogP contribution < -0.4 is 11.2 Å². The van der Waals surface area contributed by atoms with E-state index in [0.29, 0.717) is 13.2 Å². The van der Waals surface area contributed by atoms with Crippen LogP contribution in [-0.4, -0.2) is 21.8 Å². The van der Waals surface area contributed by atoms with Gasteiger partial charge in [0.1, 0.15) is 11.6 Å². The zero-order valence-corrected chi connectivity index (χ0v) is 11.0. The smallest absolute Gasteiger partial charge is 0.331 e. The lowest BCUT2D eigenvalue weighted by Gasteiger charge is -2.23. The summed E-state index contributed by atoms with van der Waals surface area (Å²) in [6.45, 7) is 3.13. The highest BCUT2D eigenvalue weighted by molar-refractivity contribution is 5.22. The van der Waals surface area contributed by atoms with E-state index in [2.05, 4.69) is 0 Å². The molecule has 0 saturated carbocycles. The van der Waals surface area contributed by atoms with E-state index >= 15 is 0 Å². The van der Waals surface area contributed by atoms with Crippen LogP contribution in [0.5, 0.6) is 0 Å². The Bertz CT molecular complexity index is 603. The van der Waals surface area contributed by atoms with Crippen LogP contribution >= 0.6 is 0 Å². The van der Waals surface area contributed by atoms with E-state index in [0.717, 1.165) is 23.8 Å². The molecule has 2 rings (SSSR count). The van der Waals surface area contributed by atoms with Gasteiger partial charge < -0.3 is 4.74 Å². The second-order valence-corrected chi connectivity index (χ2v) is 4.63. The molecule has 0 aromatic carbocycles. The normalized spacial score (nSPS) is 19.1. The molecule has 1 aliphatic rings. The first-order valence-corrected chi connectivity index (χ1v) is 6.53. The molecule has 1 aromatic rings. The molecule has 19 heavy (non-hydrogen) atoms. The first-order chi connectivity index (χ1) is 9.17. The maximum absolute atomic E-state index is 12.1. The molecule has 0 spiro atoms. The summed E-state index contributed by atoms with van der Waals surface area (Å²) in [5.74, 6) is 0. The zero-order chi connectivity index (χ0) is 13.8. The van der Waals surface area contributed by atoms with Crippen molar-refractivity contribution in [3.63, 3.8) is 0 Å². The third-order valence-corrected chi connectivity index (χ3v) is 3.36. The van der Waals surface area contributed by atoms with Crippen molar-refractivity contribution in [1.29, 1.82) is 5.26 Å². The molecule has 1 saturated heterocycles. The number of aromatic nitrogens is 2. The van der Waals surface area contributed by atoms with Gasteiger partial charge in [0.2, 0.25) is 0 Å². The maximum Gasteiger partial charge on any atom is 0.331 e. The van der Waals surface area contributed by atoms with E-state index in [1.807, 2.05) is 6.07 Å². The molecule has 0 aliphatic carbocycles. The first-order valence-electron chi connectivity index (χ1n) is 6.53. The van der Waals surface area contributed by atoms with Crippen molar-refractivity contribution in [1.82, 2.24) is 9.13 Å². The Morgan fingerprint density at radius 2 is 2.26 bits per heavy atom. The minimum Gasteiger partial charge on any atom is -0.376 e. The molecule has 0 amide bonds. The highest BCUT2D eigenvalue weighted by Crippen LogP contribution is 2.13. The molecule has 0 bridgehead atoms. The van der Waals surface area contributed by atoms with Crippen LogP contribution in [0.15, 0.2) is 15.8 Å². The van der Waals surface area contributed by atoms with Gasteiger partial charge in [-0.2, -0.15) is 5.26 Å². The summed E-state index contributed by atoms with van der Waals surface area (Å²) in [6, 6.07) is 1.84. The summed E-state index contributed by atoms with van der Waals surface area (Å²) in [5.41, 5.74) is -0.899. The van der Waals surface area contributed by atoms with Gasteiger partial charge in [-0.05, 0) is 26.2 Å². The Labute approximate surface area is 110 Å². The van der Waals surface area contributed by atoms with Crippen molar-refractivity contribution >= 4 is 0 Å². The second-order valence-electron chi connectivity index (χ2n) is 4.63.